The summed E-state index contributed by atoms with van der Waals surface area (Å²) in [6, 6.07) is 1.36. The number of likely N-dealkylation sites (tertiary alicyclic amines) is 1. The number of ether oxygens (including phenoxy) is 1. The van der Waals surface area contributed by atoms with Crippen LogP contribution in [-0.4, -0.2) is 43.8 Å². The predicted molar refractivity (Wildman–Crippen MR) is 66.3 cm³/mol. The summed E-state index contributed by atoms with van der Waals surface area (Å²) in [6.45, 7) is 5.28. The highest BCUT2D eigenvalue weighted by Crippen LogP contribution is 2.38. The zero-order chi connectivity index (χ0) is 11.5. The van der Waals surface area contributed by atoms with Crippen molar-refractivity contribution >= 4 is 0 Å². The molecule has 2 N–H and O–H groups in total. The van der Waals surface area contributed by atoms with Gasteiger partial charge >= 0.3 is 0 Å². The second kappa shape index (κ2) is 5.48. The molecule has 0 radical (unpaired) electrons. The van der Waals surface area contributed by atoms with Gasteiger partial charge in [0.05, 0.1) is 6.61 Å². The van der Waals surface area contributed by atoms with E-state index in [9.17, 15) is 0 Å². The van der Waals surface area contributed by atoms with Crippen molar-refractivity contribution in [1.29, 1.82) is 0 Å². The highest BCUT2D eigenvalue weighted by atomic mass is 16.5. The van der Waals surface area contributed by atoms with Crippen molar-refractivity contribution in [2.24, 2.45) is 17.6 Å². The van der Waals surface area contributed by atoms with Crippen LogP contribution in [0.25, 0.3) is 0 Å². The molecule has 94 valence electrons. The van der Waals surface area contributed by atoms with Crippen LogP contribution in [0.1, 0.15) is 32.6 Å². The molecule has 0 aromatic rings. The molecule has 1 heterocycles. The fourth-order valence-corrected chi connectivity index (χ4v) is 3.02. The molecule has 0 amide bonds. The summed E-state index contributed by atoms with van der Waals surface area (Å²) in [5.74, 6) is 1.59. The van der Waals surface area contributed by atoms with Gasteiger partial charge in [0.15, 0.2) is 0 Å². The van der Waals surface area contributed by atoms with Gasteiger partial charge in [-0.15, -0.1) is 0 Å². The van der Waals surface area contributed by atoms with E-state index in [0.29, 0.717) is 18.0 Å². The molecule has 0 spiro atoms. The van der Waals surface area contributed by atoms with Gasteiger partial charge in [0, 0.05) is 25.7 Å². The minimum atomic E-state index is 0.648. The standard InChI is InChI=1S/C13H26N2O/c1-10-3-4-11(7-14)8-15(10)13(9-16-2)12-5-6-12/h10-13H,3-9,14H2,1-2H3. The Morgan fingerprint density at radius 2 is 2.06 bits per heavy atom. The van der Waals surface area contributed by atoms with Crippen molar-refractivity contribution in [3.05, 3.63) is 0 Å². The third-order valence-corrected chi connectivity index (χ3v) is 4.29. The number of piperidine rings is 1. The first-order valence-corrected chi connectivity index (χ1v) is 6.71. The maximum absolute atomic E-state index is 5.82. The minimum Gasteiger partial charge on any atom is -0.383 e. The summed E-state index contributed by atoms with van der Waals surface area (Å²) in [4.78, 5) is 2.67. The molecule has 1 aliphatic heterocycles. The van der Waals surface area contributed by atoms with Crippen molar-refractivity contribution in [2.45, 2.75) is 44.7 Å². The van der Waals surface area contributed by atoms with Crippen LogP contribution in [0.15, 0.2) is 0 Å². The molecular weight excluding hydrogens is 200 g/mol. The Morgan fingerprint density at radius 1 is 1.31 bits per heavy atom. The average molecular weight is 226 g/mol. The van der Waals surface area contributed by atoms with E-state index in [2.05, 4.69) is 11.8 Å². The van der Waals surface area contributed by atoms with Crippen molar-refractivity contribution in [3.8, 4) is 0 Å². The first-order chi connectivity index (χ1) is 7.76. The third kappa shape index (κ3) is 2.76. The van der Waals surface area contributed by atoms with Crippen molar-refractivity contribution in [1.82, 2.24) is 4.90 Å². The summed E-state index contributed by atoms with van der Waals surface area (Å²) >= 11 is 0. The van der Waals surface area contributed by atoms with Gasteiger partial charge in [-0.05, 0) is 51.0 Å². The number of rotatable bonds is 5. The smallest absolute Gasteiger partial charge is 0.0620 e. The lowest BCUT2D eigenvalue weighted by molar-refractivity contribution is 0.0187. The van der Waals surface area contributed by atoms with Crippen LogP contribution in [0.3, 0.4) is 0 Å². The topological polar surface area (TPSA) is 38.5 Å². The molecule has 2 fully saturated rings. The quantitative estimate of drug-likeness (QED) is 0.771. The number of hydrogen-bond acceptors (Lipinski definition) is 3. The third-order valence-electron chi connectivity index (χ3n) is 4.29. The van der Waals surface area contributed by atoms with E-state index in [4.69, 9.17) is 10.5 Å². The van der Waals surface area contributed by atoms with Crippen LogP contribution in [0.4, 0.5) is 0 Å². The molecule has 1 saturated heterocycles. The van der Waals surface area contributed by atoms with Crippen LogP contribution in [0.5, 0.6) is 0 Å². The predicted octanol–water partition coefficient (Wildman–Crippen LogP) is 1.47. The highest BCUT2D eigenvalue weighted by molar-refractivity contribution is 4.92. The first-order valence-electron chi connectivity index (χ1n) is 6.71. The Morgan fingerprint density at radius 3 is 2.62 bits per heavy atom. The monoisotopic (exact) mass is 226 g/mol. The summed E-state index contributed by atoms with van der Waals surface area (Å²) < 4.78 is 5.40. The van der Waals surface area contributed by atoms with Gasteiger partial charge < -0.3 is 10.5 Å². The molecule has 3 atom stereocenters. The van der Waals surface area contributed by atoms with Crippen molar-refractivity contribution in [2.75, 3.05) is 26.8 Å². The van der Waals surface area contributed by atoms with Gasteiger partial charge in [0.25, 0.3) is 0 Å². The van der Waals surface area contributed by atoms with Crippen LogP contribution < -0.4 is 5.73 Å². The number of hydrogen-bond donors (Lipinski definition) is 1. The van der Waals surface area contributed by atoms with E-state index in [-0.39, 0.29) is 0 Å². The van der Waals surface area contributed by atoms with Gasteiger partial charge in [0.1, 0.15) is 0 Å². The summed E-state index contributed by atoms with van der Waals surface area (Å²) in [5, 5.41) is 0. The number of nitrogens with two attached hydrogens (primary N) is 1. The van der Waals surface area contributed by atoms with E-state index in [1.807, 2.05) is 7.11 Å². The average Bonchev–Trinajstić information content (AvgIpc) is 3.11. The van der Waals surface area contributed by atoms with Gasteiger partial charge in [0.2, 0.25) is 0 Å². The first kappa shape index (κ1) is 12.3. The molecular formula is C13H26N2O. The van der Waals surface area contributed by atoms with Gasteiger partial charge in [-0.3, -0.25) is 4.90 Å². The maximum atomic E-state index is 5.82. The van der Waals surface area contributed by atoms with Gasteiger partial charge in [-0.25, -0.2) is 0 Å². The van der Waals surface area contributed by atoms with E-state index in [0.717, 1.165) is 19.1 Å². The van der Waals surface area contributed by atoms with E-state index >= 15 is 0 Å². The Kier molecular flexibility index (Phi) is 4.22. The number of methoxy groups -OCH3 is 1. The molecule has 16 heavy (non-hydrogen) atoms. The summed E-state index contributed by atoms with van der Waals surface area (Å²) in [7, 11) is 1.82. The van der Waals surface area contributed by atoms with Gasteiger partial charge in [-0.2, -0.15) is 0 Å². The number of nitrogens with zero attached hydrogens (tertiary/aromatic N) is 1. The van der Waals surface area contributed by atoms with Crippen molar-refractivity contribution in [3.63, 3.8) is 0 Å². The molecule has 0 bridgehead atoms. The Labute approximate surface area is 99.3 Å². The lowest BCUT2D eigenvalue weighted by Gasteiger charge is -2.42. The second-order valence-corrected chi connectivity index (χ2v) is 5.59. The van der Waals surface area contributed by atoms with Crippen LogP contribution in [0.2, 0.25) is 0 Å². The molecule has 3 heteroatoms. The molecule has 1 aliphatic carbocycles. The zero-order valence-corrected chi connectivity index (χ0v) is 10.7. The lowest BCUT2D eigenvalue weighted by atomic mass is 9.91. The zero-order valence-electron chi connectivity index (χ0n) is 10.7. The lowest BCUT2D eigenvalue weighted by Crippen LogP contribution is -2.51. The maximum Gasteiger partial charge on any atom is 0.0620 e. The normalized spacial score (nSPS) is 33.9. The fraction of sp³-hybridized carbons (Fsp3) is 1.00. The Balaban J connectivity index is 1.97. The van der Waals surface area contributed by atoms with Crippen LogP contribution in [-0.2, 0) is 4.74 Å². The molecule has 3 unspecified atom stereocenters. The molecule has 1 saturated carbocycles. The second-order valence-electron chi connectivity index (χ2n) is 5.59. The van der Waals surface area contributed by atoms with Crippen LogP contribution in [0, 0.1) is 11.8 Å². The van der Waals surface area contributed by atoms with Crippen LogP contribution >= 0.6 is 0 Å². The molecule has 2 aliphatic rings. The minimum absolute atomic E-state index is 0.648. The molecule has 0 aromatic carbocycles. The Bertz CT molecular complexity index is 218. The Hall–Kier alpha value is -0.120. The molecule has 0 aromatic heterocycles. The summed E-state index contributed by atoms with van der Waals surface area (Å²) in [6.07, 6.45) is 5.39. The van der Waals surface area contributed by atoms with E-state index < -0.39 is 0 Å². The highest BCUT2D eigenvalue weighted by Gasteiger charge is 2.39. The molecule has 2 rings (SSSR count). The van der Waals surface area contributed by atoms with Gasteiger partial charge in [-0.1, -0.05) is 0 Å². The van der Waals surface area contributed by atoms with Crippen molar-refractivity contribution < 1.29 is 4.74 Å². The molecule has 3 nitrogen and oxygen atoms in total. The van der Waals surface area contributed by atoms with E-state index in [1.54, 1.807) is 0 Å². The SMILES string of the molecule is COCC(C1CC1)N1CC(CN)CCC1C. The van der Waals surface area contributed by atoms with E-state index in [1.165, 1.54) is 32.2 Å². The largest absolute Gasteiger partial charge is 0.383 e. The summed E-state index contributed by atoms with van der Waals surface area (Å²) in [5.41, 5.74) is 5.82. The fourth-order valence-electron chi connectivity index (χ4n) is 3.02.